The van der Waals surface area contributed by atoms with Crippen molar-refractivity contribution in [3.63, 3.8) is 0 Å². The van der Waals surface area contributed by atoms with Crippen LogP contribution in [0.3, 0.4) is 0 Å². The normalized spacial score (nSPS) is 18.0. The van der Waals surface area contributed by atoms with Crippen molar-refractivity contribution in [1.29, 1.82) is 0 Å². The van der Waals surface area contributed by atoms with Gasteiger partial charge in [-0.1, -0.05) is 54.8 Å². The molecule has 2 aromatic carbocycles. The summed E-state index contributed by atoms with van der Waals surface area (Å²) >= 11 is 10.7. The van der Waals surface area contributed by atoms with Crippen LogP contribution in [-0.2, 0) is 6.54 Å². The molecule has 0 bridgehead atoms. The molecule has 0 aliphatic carbocycles. The summed E-state index contributed by atoms with van der Waals surface area (Å²) in [4.78, 5) is 0. The topological polar surface area (TPSA) is 36.1 Å². The van der Waals surface area contributed by atoms with Gasteiger partial charge in [0.1, 0.15) is 0 Å². The van der Waals surface area contributed by atoms with E-state index in [1.165, 1.54) is 18.4 Å². The minimum absolute atomic E-state index is 0.546. The van der Waals surface area contributed by atoms with Crippen LogP contribution < -0.4 is 16.0 Å². The number of nitrogens with one attached hydrogen (secondary N) is 3. The third-order valence-electron chi connectivity index (χ3n) is 3.91. The Hall–Kier alpha value is -1.30. The molecule has 0 amide bonds. The Bertz CT molecular complexity index is 668. The fraction of sp³-hybridized carbons (Fsp3) is 0.375. The molecule has 1 atom stereocenters. The molecule has 3 nitrogen and oxygen atoms in total. The molecule has 0 aromatic heterocycles. The van der Waals surface area contributed by atoms with Crippen LogP contribution in [0.4, 0.5) is 11.4 Å². The molecule has 2 aromatic rings. The van der Waals surface area contributed by atoms with Crippen molar-refractivity contribution >= 4 is 35.8 Å². The molecule has 0 spiro atoms. The standard InChI is InChI=1S/C16H19N3S2/c20-15-13(18-9-11-5-2-1-3-6-11)14(16(15)21)19-10-12-7-4-8-17-12/h1-3,5-6,12,17-19H,4,7-10H2/t12-/m0/s1. The van der Waals surface area contributed by atoms with Crippen molar-refractivity contribution < 1.29 is 0 Å². The summed E-state index contributed by atoms with van der Waals surface area (Å²) < 4.78 is 1.57. The second-order valence-electron chi connectivity index (χ2n) is 5.42. The van der Waals surface area contributed by atoms with Gasteiger partial charge in [0, 0.05) is 19.1 Å². The monoisotopic (exact) mass is 317 g/mol. The highest BCUT2D eigenvalue weighted by Gasteiger charge is 2.18. The lowest BCUT2D eigenvalue weighted by atomic mass is 10.1. The number of hydrogen-bond acceptors (Lipinski definition) is 5. The Morgan fingerprint density at radius 3 is 2.43 bits per heavy atom. The van der Waals surface area contributed by atoms with Gasteiger partial charge in [-0.2, -0.15) is 0 Å². The lowest BCUT2D eigenvalue weighted by Crippen LogP contribution is -2.30. The van der Waals surface area contributed by atoms with E-state index in [1.807, 2.05) is 18.2 Å². The molecule has 3 rings (SSSR count). The molecule has 0 radical (unpaired) electrons. The summed E-state index contributed by atoms with van der Waals surface area (Å²) in [6, 6.07) is 10.9. The molecule has 0 saturated carbocycles. The second kappa shape index (κ2) is 6.64. The first-order chi connectivity index (χ1) is 10.3. The van der Waals surface area contributed by atoms with Gasteiger partial charge in [-0.3, -0.25) is 0 Å². The zero-order chi connectivity index (χ0) is 14.7. The minimum Gasteiger partial charge on any atom is -0.381 e. The summed E-state index contributed by atoms with van der Waals surface area (Å²) in [6.45, 7) is 2.80. The number of benzene rings is 1. The van der Waals surface area contributed by atoms with E-state index in [0.29, 0.717) is 6.04 Å². The molecule has 1 saturated heterocycles. The fourth-order valence-corrected chi connectivity index (χ4v) is 3.22. The zero-order valence-electron chi connectivity index (χ0n) is 11.8. The van der Waals surface area contributed by atoms with Crippen molar-refractivity contribution in [2.45, 2.75) is 25.4 Å². The molecule has 110 valence electrons. The number of anilines is 2. The van der Waals surface area contributed by atoms with Crippen molar-refractivity contribution in [3.05, 3.63) is 44.9 Å². The van der Waals surface area contributed by atoms with E-state index in [0.717, 1.165) is 40.0 Å². The first-order valence-electron chi connectivity index (χ1n) is 7.34. The second-order valence-corrected chi connectivity index (χ2v) is 6.24. The van der Waals surface area contributed by atoms with Crippen LogP contribution in [0.5, 0.6) is 0 Å². The average molecular weight is 317 g/mol. The first-order valence-corrected chi connectivity index (χ1v) is 8.15. The predicted molar refractivity (Wildman–Crippen MR) is 93.8 cm³/mol. The van der Waals surface area contributed by atoms with Gasteiger partial charge in [-0.15, -0.1) is 0 Å². The van der Waals surface area contributed by atoms with Crippen LogP contribution in [0.15, 0.2) is 30.3 Å². The van der Waals surface area contributed by atoms with Crippen LogP contribution >= 0.6 is 24.4 Å². The summed E-state index contributed by atoms with van der Waals surface area (Å²) in [6.07, 6.45) is 2.48. The van der Waals surface area contributed by atoms with Gasteiger partial charge in [-0.25, -0.2) is 0 Å². The van der Waals surface area contributed by atoms with Crippen molar-refractivity contribution in [3.8, 4) is 0 Å². The number of rotatable bonds is 6. The van der Waals surface area contributed by atoms with Crippen molar-refractivity contribution in [2.75, 3.05) is 23.7 Å². The van der Waals surface area contributed by atoms with Gasteiger partial charge in [0.25, 0.3) is 0 Å². The van der Waals surface area contributed by atoms with Gasteiger partial charge in [0.05, 0.1) is 20.4 Å². The summed E-state index contributed by atoms with van der Waals surface area (Å²) in [7, 11) is 0. The van der Waals surface area contributed by atoms with E-state index in [1.54, 1.807) is 0 Å². The molecule has 5 heteroatoms. The van der Waals surface area contributed by atoms with Crippen molar-refractivity contribution in [1.82, 2.24) is 5.32 Å². The molecule has 0 unspecified atom stereocenters. The maximum atomic E-state index is 5.35. The minimum atomic E-state index is 0.546. The van der Waals surface area contributed by atoms with E-state index in [2.05, 4.69) is 28.1 Å². The lowest BCUT2D eigenvalue weighted by molar-refractivity contribution is 0.633. The van der Waals surface area contributed by atoms with Gasteiger partial charge < -0.3 is 16.0 Å². The molecule has 1 heterocycles. The highest BCUT2D eigenvalue weighted by atomic mass is 32.1. The van der Waals surface area contributed by atoms with Gasteiger partial charge in [-0.05, 0) is 24.9 Å². The third-order valence-corrected chi connectivity index (χ3v) is 4.86. The van der Waals surface area contributed by atoms with Gasteiger partial charge in [0.15, 0.2) is 0 Å². The van der Waals surface area contributed by atoms with Crippen LogP contribution in [0.1, 0.15) is 18.4 Å². The molecule has 21 heavy (non-hydrogen) atoms. The van der Waals surface area contributed by atoms with E-state index >= 15 is 0 Å². The van der Waals surface area contributed by atoms with Crippen LogP contribution in [0.2, 0.25) is 0 Å². The molecule has 1 aliphatic rings. The van der Waals surface area contributed by atoms with E-state index in [4.69, 9.17) is 24.4 Å². The first kappa shape index (κ1) is 14.6. The maximum Gasteiger partial charge on any atom is 0.0832 e. The number of hydrogen-bond donors (Lipinski definition) is 3. The third kappa shape index (κ3) is 3.31. The van der Waals surface area contributed by atoms with E-state index < -0.39 is 0 Å². The Balaban J connectivity index is 1.61. The van der Waals surface area contributed by atoms with Crippen LogP contribution in [0, 0.1) is 9.02 Å². The summed E-state index contributed by atoms with van der Waals surface area (Å²) in [5.74, 6) is 0. The zero-order valence-corrected chi connectivity index (χ0v) is 13.4. The average Bonchev–Trinajstić information content (AvgIpc) is 3.04. The Kier molecular flexibility index (Phi) is 4.63. The summed E-state index contributed by atoms with van der Waals surface area (Å²) in [5.41, 5.74) is 3.25. The fourth-order valence-electron chi connectivity index (χ4n) is 2.67. The maximum absolute atomic E-state index is 5.35. The SMILES string of the molecule is S=c1c(NCc2ccccc2)c(NC[C@@H]2CCCN2)c1=S. The van der Waals surface area contributed by atoms with Crippen molar-refractivity contribution in [2.24, 2.45) is 0 Å². The highest BCUT2D eigenvalue weighted by molar-refractivity contribution is 7.74. The Morgan fingerprint density at radius 2 is 1.76 bits per heavy atom. The molecule has 1 fully saturated rings. The smallest absolute Gasteiger partial charge is 0.0832 e. The predicted octanol–water partition coefficient (Wildman–Crippen LogP) is 3.80. The highest BCUT2D eigenvalue weighted by Crippen LogP contribution is 2.32. The lowest BCUT2D eigenvalue weighted by Gasteiger charge is -2.20. The Labute approximate surface area is 135 Å². The van der Waals surface area contributed by atoms with E-state index in [-0.39, 0.29) is 0 Å². The Morgan fingerprint density at radius 1 is 1.05 bits per heavy atom. The molecular formula is C16H19N3S2. The molecule has 3 N–H and O–H groups in total. The molecule has 1 aliphatic heterocycles. The van der Waals surface area contributed by atoms with Crippen LogP contribution in [-0.4, -0.2) is 19.1 Å². The largest absolute Gasteiger partial charge is 0.381 e. The quantitative estimate of drug-likeness (QED) is 0.707. The van der Waals surface area contributed by atoms with Crippen LogP contribution in [0.25, 0.3) is 0 Å². The van der Waals surface area contributed by atoms with Gasteiger partial charge in [0.2, 0.25) is 0 Å². The molecular weight excluding hydrogens is 298 g/mol. The van der Waals surface area contributed by atoms with E-state index in [9.17, 15) is 0 Å². The summed E-state index contributed by atoms with van der Waals surface area (Å²) in [5, 5.41) is 10.3. The van der Waals surface area contributed by atoms with Gasteiger partial charge >= 0.3 is 0 Å².